The Morgan fingerprint density at radius 3 is 2.33 bits per heavy atom. The molecule has 0 aliphatic rings. The van der Waals surface area contributed by atoms with E-state index in [1.54, 1.807) is 41.7 Å². The van der Waals surface area contributed by atoms with Gasteiger partial charge in [-0.15, -0.1) is 11.3 Å². The summed E-state index contributed by atoms with van der Waals surface area (Å²) in [6.07, 6.45) is 0.268. The van der Waals surface area contributed by atoms with Crippen molar-refractivity contribution in [3.8, 4) is 5.75 Å². The largest absolute Gasteiger partial charge is 0.496 e. The summed E-state index contributed by atoms with van der Waals surface area (Å²) in [6, 6.07) is 7.47. The van der Waals surface area contributed by atoms with Crippen LogP contribution in [0.3, 0.4) is 0 Å². The quantitative estimate of drug-likeness (QED) is 0.384. The Kier molecular flexibility index (Phi) is 11.1. The first kappa shape index (κ1) is 31.8. The number of para-hydroxylation sites is 1. The van der Waals surface area contributed by atoms with Gasteiger partial charge in [-0.05, 0) is 72.1 Å². The van der Waals surface area contributed by atoms with E-state index in [1.807, 2.05) is 24.3 Å². The van der Waals surface area contributed by atoms with Crippen molar-refractivity contribution in [1.29, 1.82) is 0 Å². The summed E-state index contributed by atoms with van der Waals surface area (Å²) in [5, 5.41) is 11.0. The number of ether oxygens (including phenoxy) is 2. The van der Waals surface area contributed by atoms with Gasteiger partial charge in [0, 0.05) is 19.2 Å². The van der Waals surface area contributed by atoms with Crippen LogP contribution in [0.15, 0.2) is 33.9 Å². The van der Waals surface area contributed by atoms with E-state index in [9.17, 15) is 19.2 Å². The fourth-order valence-corrected chi connectivity index (χ4v) is 5.26. The van der Waals surface area contributed by atoms with E-state index in [-0.39, 0.29) is 29.5 Å². The van der Waals surface area contributed by atoms with E-state index in [0.29, 0.717) is 29.1 Å². The first-order valence-electron chi connectivity index (χ1n) is 12.9. The zero-order valence-electron chi connectivity index (χ0n) is 23.9. The van der Waals surface area contributed by atoms with E-state index < -0.39 is 28.7 Å². The average molecular weight is 562 g/mol. The van der Waals surface area contributed by atoms with Crippen molar-refractivity contribution in [2.75, 3.05) is 20.3 Å². The highest BCUT2D eigenvalue weighted by atomic mass is 32.1. The van der Waals surface area contributed by atoms with E-state index in [1.165, 1.54) is 18.4 Å². The third-order valence-corrected chi connectivity index (χ3v) is 7.22. The molecule has 0 spiro atoms. The van der Waals surface area contributed by atoms with Crippen LogP contribution in [0, 0.1) is 6.92 Å². The molecule has 2 N–H and O–H groups in total. The van der Waals surface area contributed by atoms with Crippen molar-refractivity contribution >= 4 is 33.4 Å². The van der Waals surface area contributed by atoms with Gasteiger partial charge >= 0.3 is 11.7 Å². The molecule has 0 saturated heterocycles. The Bertz CT molecular complexity index is 1430. The first-order valence-corrected chi connectivity index (χ1v) is 13.7. The topological polar surface area (TPSA) is 129 Å². The Balaban J connectivity index is 0.00000124. The Morgan fingerprint density at radius 1 is 1.15 bits per heavy atom. The molecule has 2 heterocycles. The van der Waals surface area contributed by atoms with Gasteiger partial charge in [-0.2, -0.15) is 0 Å². The van der Waals surface area contributed by atoms with E-state index in [4.69, 9.17) is 14.6 Å². The van der Waals surface area contributed by atoms with Crippen LogP contribution in [-0.4, -0.2) is 52.5 Å². The number of nitrogens with one attached hydrogen (secondary N) is 1. The normalized spacial score (nSPS) is 11.2. The third-order valence-electron chi connectivity index (χ3n) is 5.92. The summed E-state index contributed by atoms with van der Waals surface area (Å²) in [7, 11) is 1.58. The van der Waals surface area contributed by atoms with E-state index >= 15 is 0 Å². The maximum atomic E-state index is 13.8. The standard InChI is InChI=1S/C25H31N3O6S.C3H8O/c1-7-26-23(31)25(4,5)28-20(29)18-15(3)19(22(30)34-8-2)35-21(18)27(24(28)32)14-13-16-11-9-10-12-17(16)33-6;1-3(2)4/h9-12H,7-8,13-14H2,1-6H3,(H,26,31);3-4H,1-2H3. The molecular formula is C28H39N3O7S. The molecule has 214 valence electrons. The molecule has 0 aliphatic heterocycles. The van der Waals surface area contributed by atoms with Crippen LogP contribution >= 0.6 is 11.3 Å². The monoisotopic (exact) mass is 561 g/mol. The number of aliphatic hydroxyl groups is 1. The summed E-state index contributed by atoms with van der Waals surface area (Å²) in [5.41, 5.74) is -1.37. The number of carbonyl (C=O) groups excluding carboxylic acids is 2. The number of nitrogens with zero attached hydrogens (tertiary/aromatic N) is 2. The molecule has 1 aromatic carbocycles. The van der Waals surface area contributed by atoms with Gasteiger partial charge in [0.1, 0.15) is 21.0 Å². The number of aliphatic hydroxyl groups excluding tert-OH is 1. The minimum absolute atomic E-state index is 0.167. The second kappa shape index (κ2) is 13.6. The van der Waals surface area contributed by atoms with Crippen molar-refractivity contribution in [2.24, 2.45) is 0 Å². The van der Waals surface area contributed by atoms with Gasteiger partial charge in [0.15, 0.2) is 0 Å². The number of fused-ring (bicyclic) bond motifs is 1. The molecule has 0 fully saturated rings. The predicted molar refractivity (Wildman–Crippen MR) is 153 cm³/mol. The van der Waals surface area contributed by atoms with Gasteiger partial charge in [-0.3, -0.25) is 14.2 Å². The van der Waals surface area contributed by atoms with Crippen LogP contribution in [0.1, 0.15) is 62.3 Å². The summed E-state index contributed by atoms with van der Waals surface area (Å²) < 4.78 is 13.1. The smallest absolute Gasteiger partial charge is 0.348 e. The second-order valence-electron chi connectivity index (χ2n) is 9.61. The van der Waals surface area contributed by atoms with Gasteiger partial charge in [0.05, 0.1) is 19.1 Å². The van der Waals surface area contributed by atoms with Gasteiger partial charge < -0.3 is 19.9 Å². The van der Waals surface area contributed by atoms with Gasteiger partial charge in [-0.1, -0.05) is 18.2 Å². The minimum atomic E-state index is -1.46. The van der Waals surface area contributed by atoms with Crippen LogP contribution in [0.4, 0.5) is 0 Å². The number of benzene rings is 1. The SMILES string of the molecule is CC(C)O.CCNC(=O)C(C)(C)n1c(=O)c2c(C)c(C(=O)OCC)sc2n(CCc2ccccc2OC)c1=O. The molecule has 0 unspecified atom stereocenters. The summed E-state index contributed by atoms with van der Waals surface area (Å²) in [4.78, 5) is 53.5. The van der Waals surface area contributed by atoms with Gasteiger partial charge in [0.25, 0.3) is 5.56 Å². The van der Waals surface area contributed by atoms with Crippen LogP contribution in [0.5, 0.6) is 5.75 Å². The van der Waals surface area contributed by atoms with Crippen LogP contribution in [0.2, 0.25) is 0 Å². The molecule has 1 amide bonds. The molecule has 0 aliphatic carbocycles. The summed E-state index contributed by atoms with van der Waals surface area (Å²) >= 11 is 1.05. The molecular weight excluding hydrogens is 522 g/mol. The lowest BCUT2D eigenvalue weighted by Crippen LogP contribution is -2.55. The molecule has 11 heteroatoms. The van der Waals surface area contributed by atoms with E-state index in [2.05, 4.69) is 5.32 Å². The number of likely N-dealkylation sites (N-methyl/N-ethyl adjacent to an activating group) is 1. The molecule has 3 aromatic rings. The van der Waals surface area contributed by atoms with Crippen LogP contribution in [-0.2, 0) is 28.0 Å². The van der Waals surface area contributed by atoms with Gasteiger partial charge in [0.2, 0.25) is 5.91 Å². The minimum Gasteiger partial charge on any atom is -0.496 e. The number of hydrogen-bond acceptors (Lipinski definition) is 8. The first-order chi connectivity index (χ1) is 18.3. The number of methoxy groups -OCH3 is 1. The number of rotatable bonds is 9. The average Bonchev–Trinajstić information content (AvgIpc) is 3.21. The lowest BCUT2D eigenvalue weighted by atomic mass is 10.0. The molecule has 2 aromatic heterocycles. The van der Waals surface area contributed by atoms with Crippen LogP contribution in [0.25, 0.3) is 10.2 Å². The third kappa shape index (κ3) is 6.96. The van der Waals surface area contributed by atoms with Crippen LogP contribution < -0.4 is 21.3 Å². The second-order valence-corrected chi connectivity index (χ2v) is 10.6. The highest BCUT2D eigenvalue weighted by Gasteiger charge is 2.35. The fraction of sp³-hybridized carbons (Fsp3) is 0.500. The highest BCUT2D eigenvalue weighted by Crippen LogP contribution is 2.30. The van der Waals surface area contributed by atoms with Crippen molar-refractivity contribution in [3.05, 3.63) is 61.1 Å². The maximum Gasteiger partial charge on any atom is 0.348 e. The zero-order valence-corrected chi connectivity index (χ0v) is 24.7. The van der Waals surface area contributed by atoms with Crippen molar-refractivity contribution in [3.63, 3.8) is 0 Å². The zero-order chi connectivity index (χ0) is 29.5. The number of carbonyl (C=O) groups is 2. The number of thiophene rings is 1. The number of amides is 1. The number of hydrogen-bond donors (Lipinski definition) is 2. The molecule has 39 heavy (non-hydrogen) atoms. The lowest BCUT2D eigenvalue weighted by molar-refractivity contribution is -0.128. The molecule has 0 radical (unpaired) electrons. The highest BCUT2D eigenvalue weighted by molar-refractivity contribution is 7.20. The molecule has 0 atom stereocenters. The molecule has 3 rings (SSSR count). The Morgan fingerprint density at radius 2 is 1.77 bits per heavy atom. The Hall–Kier alpha value is -3.44. The molecule has 10 nitrogen and oxygen atoms in total. The predicted octanol–water partition coefficient (Wildman–Crippen LogP) is 3.22. The maximum absolute atomic E-state index is 13.8. The number of esters is 1. The summed E-state index contributed by atoms with van der Waals surface area (Å²) in [6.45, 7) is 12.4. The molecule has 0 saturated carbocycles. The lowest BCUT2D eigenvalue weighted by Gasteiger charge is -2.26. The summed E-state index contributed by atoms with van der Waals surface area (Å²) in [5.74, 6) is -0.320. The van der Waals surface area contributed by atoms with Crippen molar-refractivity contribution < 1.29 is 24.2 Å². The van der Waals surface area contributed by atoms with Crippen molar-refractivity contribution in [2.45, 2.75) is 73.1 Å². The van der Waals surface area contributed by atoms with Crippen molar-refractivity contribution in [1.82, 2.24) is 14.5 Å². The number of aryl methyl sites for hydroxylation is 3. The Labute approximate surface area is 232 Å². The molecule has 0 bridgehead atoms. The number of aromatic nitrogens is 2. The van der Waals surface area contributed by atoms with Gasteiger partial charge in [-0.25, -0.2) is 14.2 Å². The fourth-order valence-electron chi connectivity index (χ4n) is 4.05. The van der Waals surface area contributed by atoms with E-state index in [0.717, 1.165) is 21.5 Å².